The van der Waals surface area contributed by atoms with Gasteiger partial charge >= 0.3 is 5.97 Å². The summed E-state index contributed by atoms with van der Waals surface area (Å²) in [7, 11) is 0. The van der Waals surface area contributed by atoms with Gasteiger partial charge in [0.2, 0.25) is 0 Å². The summed E-state index contributed by atoms with van der Waals surface area (Å²) in [6.07, 6.45) is 5.24. The summed E-state index contributed by atoms with van der Waals surface area (Å²) in [5.74, 6) is -0.241. The van der Waals surface area contributed by atoms with Crippen LogP contribution in [0.25, 0.3) is 0 Å². The zero-order valence-corrected chi connectivity index (χ0v) is 8.58. The molecule has 0 fully saturated rings. The van der Waals surface area contributed by atoms with Crippen molar-refractivity contribution in [3.63, 3.8) is 0 Å². The molecule has 1 N–H and O–H groups in total. The van der Waals surface area contributed by atoms with Crippen LogP contribution in [0.2, 0.25) is 0 Å². The molecule has 0 saturated heterocycles. The van der Waals surface area contributed by atoms with Crippen molar-refractivity contribution in [3.05, 3.63) is 37.0 Å². The van der Waals surface area contributed by atoms with Gasteiger partial charge in [0.15, 0.2) is 0 Å². The molecule has 0 amide bonds. The molecule has 0 aromatic rings. The molecule has 0 aliphatic rings. The monoisotopic (exact) mass is 197 g/mol. The topological polar surface area (TPSA) is 38.3 Å². The van der Waals surface area contributed by atoms with Gasteiger partial charge in [0.25, 0.3) is 0 Å². The fourth-order valence-electron chi connectivity index (χ4n) is 0.871. The molecule has 0 heterocycles. The predicted molar refractivity (Wildman–Crippen MR) is 60.1 cm³/mol. The van der Waals surface area contributed by atoms with E-state index in [4.69, 9.17) is 4.74 Å². The molecule has 0 spiro atoms. The summed E-state index contributed by atoms with van der Waals surface area (Å²) >= 11 is 0. The molecule has 0 saturated carbocycles. The van der Waals surface area contributed by atoms with E-state index in [1.165, 1.54) is 0 Å². The van der Waals surface area contributed by atoms with Crippen LogP contribution in [-0.2, 0) is 9.53 Å². The van der Waals surface area contributed by atoms with Gasteiger partial charge in [0.1, 0.15) is 0 Å². The van der Waals surface area contributed by atoms with Gasteiger partial charge in [0, 0.05) is 7.97 Å². The second kappa shape index (κ2) is 8.26. The second-order valence-corrected chi connectivity index (χ2v) is 2.59. The van der Waals surface area contributed by atoms with E-state index in [1.54, 1.807) is 19.1 Å². The van der Waals surface area contributed by atoms with Gasteiger partial charge in [-0.3, -0.25) is 4.79 Å². The SMILES string of the molecule is C=C/C=C(\C=C)CNCC(=O)OCC.[HH]. The summed E-state index contributed by atoms with van der Waals surface area (Å²) in [4.78, 5) is 10.9. The number of hydrogen-bond donors (Lipinski definition) is 1. The second-order valence-electron chi connectivity index (χ2n) is 2.59. The third-order valence-corrected chi connectivity index (χ3v) is 1.50. The molecule has 0 aliphatic heterocycles. The molecule has 0 radical (unpaired) electrons. The van der Waals surface area contributed by atoms with Gasteiger partial charge in [-0.1, -0.05) is 31.4 Å². The van der Waals surface area contributed by atoms with Crippen LogP contribution in [-0.4, -0.2) is 25.7 Å². The zero-order valence-electron chi connectivity index (χ0n) is 8.58. The largest absolute Gasteiger partial charge is 0.465 e. The standard InChI is InChI=1S/C11H17NO2.H2/c1-4-7-10(5-2)8-12-9-11(13)14-6-3;/h4-5,7,12H,1-2,6,8-9H2,3H3;1H/b10-7+;. The van der Waals surface area contributed by atoms with Crippen molar-refractivity contribution < 1.29 is 11.0 Å². The number of hydrogen-bond acceptors (Lipinski definition) is 3. The number of esters is 1. The molecule has 14 heavy (non-hydrogen) atoms. The Hall–Kier alpha value is -1.35. The maximum atomic E-state index is 10.9. The number of nitrogens with one attached hydrogen (secondary N) is 1. The lowest BCUT2D eigenvalue weighted by molar-refractivity contribution is -0.141. The van der Waals surface area contributed by atoms with Crippen molar-refractivity contribution in [2.45, 2.75) is 6.92 Å². The Morgan fingerprint density at radius 2 is 2.21 bits per heavy atom. The molecule has 0 aromatic heterocycles. The molecule has 0 atom stereocenters. The Balaban J connectivity index is 0. The van der Waals surface area contributed by atoms with Crippen molar-refractivity contribution in [3.8, 4) is 0 Å². The first-order valence-electron chi connectivity index (χ1n) is 4.55. The van der Waals surface area contributed by atoms with E-state index in [-0.39, 0.29) is 13.9 Å². The highest BCUT2D eigenvalue weighted by molar-refractivity contribution is 5.71. The number of ether oxygens (including phenoxy) is 1. The first kappa shape index (κ1) is 12.7. The minimum atomic E-state index is -0.241. The highest BCUT2D eigenvalue weighted by Crippen LogP contribution is 1.93. The molecule has 3 nitrogen and oxygen atoms in total. The lowest BCUT2D eigenvalue weighted by atomic mass is 10.2. The Morgan fingerprint density at radius 1 is 1.50 bits per heavy atom. The predicted octanol–water partition coefficient (Wildman–Crippen LogP) is 1.68. The van der Waals surface area contributed by atoms with Crippen LogP contribution in [0.5, 0.6) is 0 Å². The van der Waals surface area contributed by atoms with Crippen molar-refractivity contribution in [2.75, 3.05) is 19.7 Å². The minimum Gasteiger partial charge on any atom is -0.465 e. The highest BCUT2D eigenvalue weighted by atomic mass is 16.5. The summed E-state index contributed by atoms with van der Waals surface area (Å²) in [5, 5.41) is 2.94. The van der Waals surface area contributed by atoms with Gasteiger partial charge in [-0.15, -0.1) is 0 Å². The number of carbonyl (C=O) groups is 1. The lowest BCUT2D eigenvalue weighted by Gasteiger charge is -2.04. The van der Waals surface area contributed by atoms with Crippen LogP contribution < -0.4 is 5.32 Å². The van der Waals surface area contributed by atoms with Crippen LogP contribution in [0.1, 0.15) is 8.35 Å². The maximum Gasteiger partial charge on any atom is 0.319 e. The van der Waals surface area contributed by atoms with Crippen LogP contribution in [0, 0.1) is 0 Å². The summed E-state index contributed by atoms with van der Waals surface area (Å²) in [5.41, 5.74) is 0.990. The van der Waals surface area contributed by atoms with E-state index < -0.39 is 0 Å². The average Bonchev–Trinajstić information content (AvgIpc) is 2.17. The molecule has 80 valence electrons. The highest BCUT2D eigenvalue weighted by Gasteiger charge is 1.99. The average molecular weight is 197 g/mol. The van der Waals surface area contributed by atoms with E-state index in [0.29, 0.717) is 13.2 Å². The first-order chi connectivity index (χ1) is 6.74. The number of rotatable bonds is 7. The summed E-state index contributed by atoms with van der Waals surface area (Å²) in [6.45, 7) is 10.2. The molecule has 3 heteroatoms. The number of allylic oxidation sites excluding steroid dienone is 2. The van der Waals surface area contributed by atoms with Crippen LogP contribution in [0.3, 0.4) is 0 Å². The van der Waals surface area contributed by atoms with Gasteiger partial charge in [-0.05, 0) is 12.5 Å². The third kappa shape index (κ3) is 6.20. The van der Waals surface area contributed by atoms with Crippen molar-refractivity contribution in [2.24, 2.45) is 0 Å². The summed E-state index contributed by atoms with van der Waals surface area (Å²) < 4.78 is 4.75. The van der Waals surface area contributed by atoms with E-state index in [0.717, 1.165) is 5.57 Å². The Labute approximate surface area is 86.6 Å². The van der Waals surface area contributed by atoms with Crippen molar-refractivity contribution in [1.29, 1.82) is 0 Å². The van der Waals surface area contributed by atoms with E-state index in [1.807, 2.05) is 6.08 Å². The Morgan fingerprint density at radius 3 is 2.71 bits per heavy atom. The maximum absolute atomic E-state index is 10.9. The fourth-order valence-corrected chi connectivity index (χ4v) is 0.871. The summed E-state index contributed by atoms with van der Waals surface area (Å²) in [6, 6.07) is 0. The molecule has 0 aromatic carbocycles. The first-order valence-corrected chi connectivity index (χ1v) is 4.55. The third-order valence-electron chi connectivity index (χ3n) is 1.50. The smallest absolute Gasteiger partial charge is 0.319 e. The molecule has 0 aliphatic carbocycles. The lowest BCUT2D eigenvalue weighted by Crippen LogP contribution is -2.26. The van der Waals surface area contributed by atoms with Crippen LogP contribution >= 0.6 is 0 Å². The molecular formula is C11H19NO2. The number of carbonyl (C=O) groups excluding carboxylic acids is 1. The van der Waals surface area contributed by atoms with Gasteiger partial charge in [-0.25, -0.2) is 0 Å². The van der Waals surface area contributed by atoms with Gasteiger partial charge in [-0.2, -0.15) is 0 Å². The van der Waals surface area contributed by atoms with E-state index in [2.05, 4.69) is 18.5 Å². The van der Waals surface area contributed by atoms with Gasteiger partial charge < -0.3 is 10.1 Å². The normalized spacial score (nSPS) is 10.8. The molecule has 0 unspecified atom stereocenters. The minimum absolute atomic E-state index is 0. The van der Waals surface area contributed by atoms with E-state index in [9.17, 15) is 4.79 Å². The molecule has 0 bridgehead atoms. The van der Waals surface area contributed by atoms with Crippen molar-refractivity contribution in [1.82, 2.24) is 5.32 Å². The molecular weight excluding hydrogens is 178 g/mol. The van der Waals surface area contributed by atoms with Crippen LogP contribution in [0.15, 0.2) is 37.0 Å². The quantitative estimate of drug-likeness (QED) is 0.498. The van der Waals surface area contributed by atoms with Crippen LogP contribution in [0.4, 0.5) is 0 Å². The van der Waals surface area contributed by atoms with E-state index >= 15 is 0 Å². The fraction of sp³-hybridized carbons (Fsp3) is 0.364. The Kier molecular flexibility index (Phi) is 7.46. The van der Waals surface area contributed by atoms with Crippen molar-refractivity contribution >= 4 is 5.97 Å². The Bertz CT molecular complexity index is 237. The zero-order chi connectivity index (χ0) is 10.8. The molecule has 0 rings (SSSR count). The van der Waals surface area contributed by atoms with Gasteiger partial charge in [0.05, 0.1) is 13.2 Å².